The van der Waals surface area contributed by atoms with E-state index in [4.69, 9.17) is 35.2 Å². The molecule has 2 aliphatic heterocycles. The van der Waals surface area contributed by atoms with Gasteiger partial charge in [-0.1, -0.05) is 65.4 Å². The van der Waals surface area contributed by atoms with Gasteiger partial charge >= 0.3 is 11.9 Å². The maximum absolute atomic E-state index is 14.2. The van der Waals surface area contributed by atoms with E-state index in [0.29, 0.717) is 54.7 Å². The zero-order chi connectivity index (χ0) is 31.9. The van der Waals surface area contributed by atoms with Gasteiger partial charge < -0.3 is 23.7 Å². The average molecular weight is 655 g/mol. The summed E-state index contributed by atoms with van der Waals surface area (Å²) in [5.41, 5.74) is 2.09. The van der Waals surface area contributed by atoms with Gasteiger partial charge in [-0.15, -0.1) is 0 Å². The molecule has 0 amide bonds. The smallest absolute Gasteiger partial charge is 0.338 e. The molecule has 1 N–H and O–H groups in total. The largest absolute Gasteiger partial charge is 0.478 e. The van der Waals surface area contributed by atoms with E-state index in [0.717, 1.165) is 11.3 Å². The molecule has 12 heteroatoms. The van der Waals surface area contributed by atoms with E-state index >= 15 is 0 Å². The normalized spacial score (nSPS) is 15.4. The molecule has 10 nitrogen and oxygen atoms in total. The number of hydrogen-bond acceptors (Lipinski definition) is 9. The Morgan fingerprint density at radius 2 is 1.85 bits per heavy atom. The Hall–Kier alpha value is -5.39. The summed E-state index contributed by atoms with van der Waals surface area (Å²) < 4.78 is 24.5. The summed E-state index contributed by atoms with van der Waals surface area (Å²) in [5.74, 6) is 0.158. The van der Waals surface area contributed by atoms with Gasteiger partial charge in [0.1, 0.15) is 11.5 Å². The molecular formula is C34H23ClN2O8S. The first-order valence-corrected chi connectivity index (χ1v) is 15.3. The van der Waals surface area contributed by atoms with Crippen LogP contribution >= 0.6 is 22.9 Å². The number of thiazole rings is 1. The van der Waals surface area contributed by atoms with Gasteiger partial charge in [0.25, 0.3) is 5.56 Å². The van der Waals surface area contributed by atoms with Crippen LogP contribution in [0, 0.1) is 0 Å². The van der Waals surface area contributed by atoms with Crippen LogP contribution in [0.15, 0.2) is 98.6 Å². The van der Waals surface area contributed by atoms with E-state index in [1.165, 1.54) is 16.7 Å². The van der Waals surface area contributed by atoms with Gasteiger partial charge in [-0.2, -0.15) is 0 Å². The standard InChI is InChI=1S/C34H23ClN2O8S/c1-2-42-33(41)28-29(18-6-4-3-5-7-18)36-34-37(30(28)20-9-12-25-26(15-20)44-17-43-25)31(38)27(46-34)16-21-10-13-24(45-21)19-8-11-22(32(39)40)23(35)14-19/h3-16,30H,2,17H2,1H3,(H,39,40)/b27-16-/t30-/m0/s1. The Morgan fingerprint density at radius 3 is 2.61 bits per heavy atom. The molecule has 0 saturated heterocycles. The number of hydrogen-bond donors (Lipinski definition) is 1. The Kier molecular flexibility index (Phi) is 7.55. The molecule has 2 aromatic heterocycles. The highest BCUT2D eigenvalue weighted by Crippen LogP contribution is 2.40. The molecular weight excluding hydrogens is 632 g/mol. The third-order valence-corrected chi connectivity index (χ3v) is 8.77. The number of furan rings is 1. The predicted molar refractivity (Wildman–Crippen MR) is 170 cm³/mol. The minimum atomic E-state index is -1.13. The number of halogens is 1. The van der Waals surface area contributed by atoms with E-state index in [1.807, 2.05) is 30.3 Å². The molecule has 3 aromatic carbocycles. The third kappa shape index (κ3) is 5.19. The number of ether oxygens (including phenoxy) is 3. The van der Waals surface area contributed by atoms with Gasteiger partial charge in [0.15, 0.2) is 16.3 Å². The summed E-state index contributed by atoms with van der Waals surface area (Å²) in [6.45, 7) is 1.92. The monoisotopic (exact) mass is 654 g/mol. The summed E-state index contributed by atoms with van der Waals surface area (Å²) in [6, 6.07) is 21.6. The molecule has 4 heterocycles. The second-order valence-corrected chi connectivity index (χ2v) is 11.7. The predicted octanol–water partition coefficient (Wildman–Crippen LogP) is 5.28. The minimum Gasteiger partial charge on any atom is -0.478 e. The number of carboxylic acids is 1. The van der Waals surface area contributed by atoms with Crippen LogP contribution < -0.4 is 24.4 Å². The molecule has 5 aromatic rings. The lowest BCUT2D eigenvalue weighted by Gasteiger charge is -2.26. The molecule has 46 heavy (non-hydrogen) atoms. The van der Waals surface area contributed by atoms with Crippen LogP contribution in [-0.4, -0.2) is 35.0 Å². The van der Waals surface area contributed by atoms with Crippen LogP contribution in [0.25, 0.3) is 23.1 Å². The first kappa shape index (κ1) is 29.3. The number of fused-ring (bicyclic) bond motifs is 2. The fraction of sp³-hybridized carbons (Fsp3) is 0.118. The fourth-order valence-corrected chi connectivity index (χ4v) is 6.64. The lowest BCUT2D eigenvalue weighted by molar-refractivity contribution is -0.138. The number of nitrogens with zero attached hydrogens (tertiary/aromatic N) is 2. The number of aromatic nitrogens is 1. The molecule has 0 spiro atoms. The second kappa shape index (κ2) is 11.8. The topological polar surface area (TPSA) is 130 Å². The lowest BCUT2D eigenvalue weighted by Crippen LogP contribution is -2.40. The quantitative estimate of drug-likeness (QED) is 0.235. The van der Waals surface area contributed by atoms with Crippen LogP contribution in [0.2, 0.25) is 5.02 Å². The van der Waals surface area contributed by atoms with Crippen LogP contribution in [0.4, 0.5) is 0 Å². The molecule has 0 saturated carbocycles. The third-order valence-electron chi connectivity index (χ3n) is 7.47. The van der Waals surface area contributed by atoms with Gasteiger partial charge in [-0.3, -0.25) is 9.36 Å². The zero-order valence-corrected chi connectivity index (χ0v) is 25.6. The number of carbonyl (C=O) groups excluding carboxylic acids is 1. The Morgan fingerprint density at radius 1 is 1.04 bits per heavy atom. The van der Waals surface area contributed by atoms with Crippen molar-refractivity contribution in [2.75, 3.05) is 13.4 Å². The van der Waals surface area contributed by atoms with E-state index in [2.05, 4.69) is 0 Å². The van der Waals surface area contributed by atoms with Crippen LogP contribution in [-0.2, 0) is 9.53 Å². The van der Waals surface area contributed by atoms with E-state index in [1.54, 1.807) is 49.4 Å². The summed E-state index contributed by atoms with van der Waals surface area (Å²) in [4.78, 5) is 44.4. The molecule has 0 bridgehead atoms. The van der Waals surface area contributed by atoms with E-state index in [9.17, 15) is 19.5 Å². The van der Waals surface area contributed by atoms with Crippen molar-refractivity contribution < 1.29 is 33.3 Å². The summed E-state index contributed by atoms with van der Waals surface area (Å²) >= 11 is 7.32. The lowest BCUT2D eigenvalue weighted by atomic mass is 9.93. The first-order valence-electron chi connectivity index (χ1n) is 14.1. The van der Waals surface area contributed by atoms with Crippen molar-refractivity contribution in [1.29, 1.82) is 0 Å². The highest BCUT2D eigenvalue weighted by molar-refractivity contribution is 7.07. The Bertz CT molecular complexity index is 2250. The van der Waals surface area contributed by atoms with Crippen molar-refractivity contribution in [2.24, 2.45) is 4.99 Å². The van der Waals surface area contributed by atoms with Crippen molar-refractivity contribution in [3.8, 4) is 22.8 Å². The Labute approximate surface area is 269 Å². The molecule has 0 aliphatic carbocycles. The maximum atomic E-state index is 14.2. The molecule has 7 rings (SSSR count). The molecule has 230 valence electrons. The number of carbonyl (C=O) groups is 2. The van der Waals surface area contributed by atoms with Crippen molar-refractivity contribution in [3.05, 3.63) is 132 Å². The average Bonchev–Trinajstić information content (AvgIpc) is 3.80. The van der Waals surface area contributed by atoms with Crippen LogP contribution in [0.5, 0.6) is 11.5 Å². The second-order valence-electron chi connectivity index (χ2n) is 10.2. The van der Waals surface area contributed by atoms with E-state index < -0.39 is 18.0 Å². The molecule has 0 unspecified atom stereocenters. The molecule has 2 aliphatic rings. The van der Waals surface area contributed by atoms with Gasteiger partial charge in [-0.05, 0) is 48.9 Å². The van der Waals surface area contributed by atoms with Gasteiger partial charge in [-0.25, -0.2) is 14.6 Å². The van der Waals surface area contributed by atoms with Crippen molar-refractivity contribution in [2.45, 2.75) is 13.0 Å². The number of carboxylic acid groups (broad SMARTS) is 1. The minimum absolute atomic E-state index is 0.0209. The van der Waals surface area contributed by atoms with E-state index in [-0.39, 0.29) is 35.1 Å². The number of benzene rings is 3. The van der Waals surface area contributed by atoms with Crippen LogP contribution in [0.3, 0.4) is 0 Å². The zero-order valence-electron chi connectivity index (χ0n) is 24.1. The highest BCUT2D eigenvalue weighted by Gasteiger charge is 2.36. The SMILES string of the molecule is CCOC(=O)C1=C(c2ccccc2)N=c2s/c(=C\c3ccc(-c4ccc(C(=O)O)c(Cl)c4)o3)c(=O)n2[C@H]1c1ccc2c(c1)OCO2. The van der Waals surface area contributed by atoms with Crippen molar-refractivity contribution in [1.82, 2.24) is 4.57 Å². The maximum Gasteiger partial charge on any atom is 0.338 e. The van der Waals surface area contributed by atoms with Crippen LogP contribution in [0.1, 0.15) is 40.2 Å². The van der Waals surface area contributed by atoms with Gasteiger partial charge in [0.2, 0.25) is 6.79 Å². The molecule has 0 fully saturated rings. The van der Waals surface area contributed by atoms with Crippen molar-refractivity contribution >= 4 is 46.6 Å². The summed E-state index contributed by atoms with van der Waals surface area (Å²) in [6.07, 6.45) is 1.60. The van der Waals surface area contributed by atoms with Crippen molar-refractivity contribution in [3.63, 3.8) is 0 Å². The number of esters is 1. The fourth-order valence-electron chi connectivity index (χ4n) is 5.40. The number of aromatic carboxylic acids is 1. The molecule has 0 radical (unpaired) electrons. The highest BCUT2D eigenvalue weighted by atomic mass is 35.5. The Balaban J connectivity index is 1.40. The number of rotatable bonds is 7. The molecule has 1 atom stereocenters. The van der Waals surface area contributed by atoms with Gasteiger partial charge in [0, 0.05) is 17.2 Å². The first-order chi connectivity index (χ1) is 22.3. The summed E-state index contributed by atoms with van der Waals surface area (Å²) in [7, 11) is 0. The summed E-state index contributed by atoms with van der Waals surface area (Å²) in [5, 5.41) is 9.36. The van der Waals surface area contributed by atoms with Gasteiger partial charge in [0.05, 0.1) is 39.0 Å².